The molecule has 1 N–H and O–H groups in total. The van der Waals surface area contributed by atoms with Crippen molar-refractivity contribution in [3.8, 4) is 0 Å². The molecule has 2 aromatic rings. The summed E-state index contributed by atoms with van der Waals surface area (Å²) in [7, 11) is 0. The van der Waals surface area contributed by atoms with Crippen LogP contribution in [0.2, 0.25) is 0 Å². The van der Waals surface area contributed by atoms with E-state index in [-0.39, 0.29) is 6.61 Å². The topological polar surface area (TPSA) is 50.9 Å². The van der Waals surface area contributed by atoms with Crippen LogP contribution in [0.15, 0.2) is 33.9 Å². The maximum atomic E-state index is 9.24. The molecule has 0 bridgehead atoms. The first-order valence-corrected chi connectivity index (χ1v) is 7.92. The van der Waals surface area contributed by atoms with Crippen molar-refractivity contribution in [2.24, 2.45) is 0 Å². The molecule has 2 rings (SSSR count). The van der Waals surface area contributed by atoms with Gasteiger partial charge >= 0.3 is 0 Å². The number of halogens is 1. The Bertz CT molecular complexity index is 527. The predicted molar refractivity (Wildman–Crippen MR) is 79.9 cm³/mol. The zero-order valence-electron chi connectivity index (χ0n) is 10.7. The molecule has 6 heteroatoms. The van der Waals surface area contributed by atoms with Crippen molar-refractivity contribution in [1.29, 1.82) is 0 Å². The molecule has 0 saturated heterocycles. The Morgan fingerprint density at radius 2 is 2.00 bits per heavy atom. The Balaban J connectivity index is 2.06. The van der Waals surface area contributed by atoms with Crippen LogP contribution < -0.4 is 0 Å². The fraction of sp³-hybridized carbons (Fsp3) is 0.385. The molecule has 0 fully saturated rings. The van der Waals surface area contributed by atoms with E-state index < -0.39 is 0 Å². The third kappa shape index (κ3) is 3.81. The van der Waals surface area contributed by atoms with E-state index in [2.05, 4.69) is 45.2 Å². The number of aromatic nitrogens is 3. The largest absolute Gasteiger partial charge is 0.388 e. The molecule has 1 heterocycles. The van der Waals surface area contributed by atoms with Gasteiger partial charge in [-0.15, -0.1) is 10.2 Å². The summed E-state index contributed by atoms with van der Waals surface area (Å²) in [6, 6.07) is 8.24. The summed E-state index contributed by atoms with van der Waals surface area (Å²) in [5, 5.41) is 18.3. The van der Waals surface area contributed by atoms with Crippen LogP contribution in [0.1, 0.15) is 24.7 Å². The molecule has 0 aliphatic heterocycles. The zero-order chi connectivity index (χ0) is 13.7. The highest BCUT2D eigenvalue weighted by Gasteiger charge is 2.11. The summed E-state index contributed by atoms with van der Waals surface area (Å²) in [5.74, 6) is 1.49. The average molecular weight is 342 g/mol. The second-order valence-electron chi connectivity index (χ2n) is 4.12. The fourth-order valence-corrected chi connectivity index (χ4v) is 2.92. The summed E-state index contributed by atoms with van der Waals surface area (Å²) < 4.78 is 3.07. The van der Waals surface area contributed by atoms with E-state index in [9.17, 15) is 5.11 Å². The van der Waals surface area contributed by atoms with Crippen molar-refractivity contribution in [1.82, 2.24) is 14.8 Å². The minimum absolute atomic E-state index is 0.0636. The highest BCUT2D eigenvalue weighted by molar-refractivity contribution is 9.10. The monoisotopic (exact) mass is 341 g/mol. The lowest BCUT2D eigenvalue weighted by atomic mass is 10.2. The van der Waals surface area contributed by atoms with Gasteiger partial charge in [0.15, 0.2) is 11.0 Å². The first kappa shape index (κ1) is 14.6. The number of hydrogen-bond donors (Lipinski definition) is 1. The van der Waals surface area contributed by atoms with Crippen LogP contribution in [-0.4, -0.2) is 19.9 Å². The van der Waals surface area contributed by atoms with Crippen molar-refractivity contribution >= 4 is 27.7 Å². The smallest absolute Gasteiger partial charge is 0.191 e. The molecule has 0 spiro atoms. The average Bonchev–Trinajstić information content (AvgIpc) is 2.81. The van der Waals surface area contributed by atoms with Crippen molar-refractivity contribution in [3.05, 3.63) is 40.1 Å². The Labute approximate surface area is 125 Å². The Kier molecular flexibility index (Phi) is 5.42. The predicted octanol–water partition coefficient (Wildman–Crippen LogP) is 3.24. The zero-order valence-corrected chi connectivity index (χ0v) is 13.1. The van der Waals surface area contributed by atoms with Crippen LogP contribution in [0.4, 0.5) is 0 Å². The number of rotatable bonds is 6. The van der Waals surface area contributed by atoms with Gasteiger partial charge in [-0.3, -0.25) is 0 Å². The number of aliphatic hydroxyl groups is 1. The lowest BCUT2D eigenvalue weighted by Crippen LogP contribution is -2.04. The highest BCUT2D eigenvalue weighted by atomic mass is 79.9. The van der Waals surface area contributed by atoms with Crippen LogP contribution in [0.25, 0.3) is 0 Å². The third-order valence-electron chi connectivity index (χ3n) is 2.66. The van der Waals surface area contributed by atoms with Crippen LogP contribution in [0.5, 0.6) is 0 Å². The standard InChI is InChI=1S/C13H16BrN3OS/c1-2-7-17-12(8-18)15-16-13(17)19-9-10-3-5-11(14)6-4-10/h3-6,18H,2,7-9H2,1H3. The minimum Gasteiger partial charge on any atom is -0.388 e. The van der Waals surface area contributed by atoms with Gasteiger partial charge in [0.2, 0.25) is 0 Å². The van der Waals surface area contributed by atoms with E-state index in [1.54, 1.807) is 11.8 Å². The van der Waals surface area contributed by atoms with Gasteiger partial charge in [0.05, 0.1) is 0 Å². The number of benzene rings is 1. The molecule has 1 aromatic carbocycles. The lowest BCUT2D eigenvalue weighted by Gasteiger charge is -2.07. The Morgan fingerprint density at radius 3 is 2.63 bits per heavy atom. The summed E-state index contributed by atoms with van der Waals surface area (Å²) >= 11 is 5.07. The SMILES string of the molecule is CCCn1c(CO)nnc1SCc1ccc(Br)cc1. The molecule has 1 aromatic heterocycles. The summed E-state index contributed by atoms with van der Waals surface area (Å²) in [4.78, 5) is 0. The normalized spacial score (nSPS) is 10.9. The fourth-order valence-electron chi connectivity index (χ4n) is 1.72. The van der Waals surface area contributed by atoms with Gasteiger partial charge in [0.25, 0.3) is 0 Å². The molecule has 4 nitrogen and oxygen atoms in total. The van der Waals surface area contributed by atoms with E-state index >= 15 is 0 Å². The van der Waals surface area contributed by atoms with Gasteiger partial charge in [-0.1, -0.05) is 46.7 Å². The molecule has 0 atom stereocenters. The molecule has 19 heavy (non-hydrogen) atoms. The molecule has 102 valence electrons. The van der Waals surface area contributed by atoms with E-state index in [1.165, 1.54) is 5.56 Å². The lowest BCUT2D eigenvalue weighted by molar-refractivity contribution is 0.263. The van der Waals surface area contributed by atoms with Gasteiger partial charge in [-0.2, -0.15) is 0 Å². The molecular formula is C13H16BrN3OS. The molecule has 0 saturated carbocycles. The Hall–Kier alpha value is -0.850. The van der Waals surface area contributed by atoms with E-state index in [0.717, 1.165) is 28.3 Å². The van der Waals surface area contributed by atoms with E-state index in [0.29, 0.717) is 5.82 Å². The third-order valence-corrected chi connectivity index (χ3v) is 4.23. The van der Waals surface area contributed by atoms with Crippen molar-refractivity contribution in [3.63, 3.8) is 0 Å². The van der Waals surface area contributed by atoms with Gasteiger partial charge in [-0.05, 0) is 24.1 Å². The quantitative estimate of drug-likeness (QED) is 0.819. The number of hydrogen-bond acceptors (Lipinski definition) is 4. The molecule has 0 amide bonds. The summed E-state index contributed by atoms with van der Waals surface area (Å²) in [6.07, 6.45) is 0.997. The highest BCUT2D eigenvalue weighted by Crippen LogP contribution is 2.23. The van der Waals surface area contributed by atoms with Gasteiger partial charge in [0.1, 0.15) is 6.61 Å². The first-order chi connectivity index (χ1) is 9.24. The van der Waals surface area contributed by atoms with E-state index in [1.807, 2.05) is 16.7 Å². The van der Waals surface area contributed by atoms with Crippen molar-refractivity contribution in [2.75, 3.05) is 0 Å². The molecular weight excluding hydrogens is 326 g/mol. The minimum atomic E-state index is -0.0636. The van der Waals surface area contributed by atoms with Crippen LogP contribution >= 0.6 is 27.7 Å². The van der Waals surface area contributed by atoms with Crippen LogP contribution in [0, 0.1) is 0 Å². The van der Waals surface area contributed by atoms with Crippen molar-refractivity contribution in [2.45, 2.75) is 37.4 Å². The maximum absolute atomic E-state index is 9.24. The molecule has 0 aliphatic rings. The van der Waals surface area contributed by atoms with Crippen LogP contribution in [0.3, 0.4) is 0 Å². The van der Waals surface area contributed by atoms with Gasteiger partial charge in [-0.25, -0.2) is 0 Å². The Morgan fingerprint density at radius 1 is 1.26 bits per heavy atom. The first-order valence-electron chi connectivity index (χ1n) is 6.14. The van der Waals surface area contributed by atoms with Gasteiger partial charge in [0, 0.05) is 16.8 Å². The summed E-state index contributed by atoms with van der Waals surface area (Å²) in [6.45, 7) is 2.88. The molecule has 0 aliphatic carbocycles. The summed E-state index contributed by atoms with van der Waals surface area (Å²) in [5.41, 5.74) is 1.24. The molecule has 0 unspecified atom stereocenters. The van der Waals surface area contributed by atoms with Gasteiger partial charge < -0.3 is 9.67 Å². The van der Waals surface area contributed by atoms with Crippen molar-refractivity contribution < 1.29 is 5.11 Å². The number of nitrogens with zero attached hydrogens (tertiary/aromatic N) is 3. The maximum Gasteiger partial charge on any atom is 0.191 e. The molecule has 0 radical (unpaired) electrons. The van der Waals surface area contributed by atoms with Crippen LogP contribution in [-0.2, 0) is 18.9 Å². The second-order valence-corrected chi connectivity index (χ2v) is 5.98. The van der Waals surface area contributed by atoms with E-state index in [4.69, 9.17) is 0 Å². The number of thioether (sulfide) groups is 1. The number of aliphatic hydroxyl groups excluding tert-OH is 1. The second kappa shape index (κ2) is 7.07.